The van der Waals surface area contributed by atoms with Gasteiger partial charge in [-0.1, -0.05) is 54.8 Å². The summed E-state index contributed by atoms with van der Waals surface area (Å²) < 4.78 is 13.8. The monoisotopic (exact) mass is 409 g/mol. The summed E-state index contributed by atoms with van der Waals surface area (Å²) in [7, 11) is -2.37. The molecule has 152 valence electrons. The Kier molecular flexibility index (Phi) is 6.49. The molecule has 3 rings (SSSR count). The topological polar surface area (TPSA) is 51.2 Å². The molecular formula is C25H30O3P+. The van der Waals surface area contributed by atoms with Crippen molar-refractivity contribution < 1.29 is 14.2 Å². The van der Waals surface area contributed by atoms with Gasteiger partial charge < -0.3 is 0 Å². The number of hydrogen-bond donors (Lipinski definition) is 0. The molecule has 1 aliphatic carbocycles. The fraction of sp³-hybridized carbons (Fsp3) is 0.440. The molecule has 0 bridgehead atoms. The third kappa shape index (κ3) is 3.73. The molecule has 1 saturated carbocycles. The van der Waals surface area contributed by atoms with Crippen LogP contribution in [0.15, 0.2) is 36.4 Å². The van der Waals surface area contributed by atoms with Gasteiger partial charge in [0.2, 0.25) is 10.9 Å². The lowest BCUT2D eigenvalue weighted by molar-refractivity contribution is 0.0929. The fourth-order valence-corrected chi connectivity index (χ4v) is 6.66. The molecule has 2 aromatic rings. The summed E-state index contributed by atoms with van der Waals surface area (Å²) in [6.07, 6.45) is 4.21. The lowest BCUT2D eigenvalue weighted by Crippen LogP contribution is -2.35. The molecule has 3 nitrogen and oxygen atoms in total. The zero-order valence-electron chi connectivity index (χ0n) is 17.9. The second-order valence-corrected chi connectivity index (χ2v) is 9.94. The maximum absolute atomic E-state index is 13.9. The van der Waals surface area contributed by atoms with Gasteiger partial charge in [-0.15, -0.1) is 0 Å². The minimum absolute atomic E-state index is 0.0787. The van der Waals surface area contributed by atoms with Gasteiger partial charge in [0, 0.05) is 18.4 Å². The predicted molar refractivity (Wildman–Crippen MR) is 119 cm³/mol. The Morgan fingerprint density at radius 1 is 0.862 bits per heavy atom. The number of hydrogen-bond acceptors (Lipinski definition) is 3. The first-order valence-corrected chi connectivity index (χ1v) is 11.9. The van der Waals surface area contributed by atoms with Crippen LogP contribution in [0.3, 0.4) is 0 Å². The van der Waals surface area contributed by atoms with Gasteiger partial charge in [0.15, 0.2) is 0 Å². The highest BCUT2D eigenvalue weighted by molar-refractivity contribution is 7.67. The van der Waals surface area contributed by atoms with Crippen molar-refractivity contribution in [1.29, 1.82) is 0 Å². The summed E-state index contributed by atoms with van der Waals surface area (Å²) in [5.41, 5.74) is 4.48. The van der Waals surface area contributed by atoms with E-state index in [1.807, 2.05) is 64.1 Å². The molecule has 29 heavy (non-hydrogen) atoms. The van der Waals surface area contributed by atoms with Crippen molar-refractivity contribution >= 4 is 19.1 Å². The molecule has 0 saturated heterocycles. The molecule has 1 fully saturated rings. The number of benzene rings is 2. The lowest BCUT2D eigenvalue weighted by atomic mass is 9.87. The smallest absolute Gasteiger partial charge is 0.289 e. The summed E-state index contributed by atoms with van der Waals surface area (Å²) in [5, 5.41) is -1.07. The Bertz CT molecular complexity index is 926. The summed E-state index contributed by atoms with van der Waals surface area (Å²) in [5.74, 6) is -0.0787. The maximum atomic E-state index is 13.9. The fourth-order valence-electron chi connectivity index (χ4n) is 4.70. The van der Waals surface area contributed by atoms with Gasteiger partial charge in [-0.05, 0) is 61.8 Å². The third-order valence-corrected chi connectivity index (χ3v) is 8.37. The minimum atomic E-state index is -2.37. The third-order valence-electron chi connectivity index (χ3n) is 6.35. The molecule has 1 atom stereocenters. The normalized spacial score (nSPS) is 15.9. The Balaban J connectivity index is 2.11. The number of rotatable bonds is 7. The first-order valence-electron chi connectivity index (χ1n) is 10.6. The highest BCUT2D eigenvalue weighted by Crippen LogP contribution is 2.54. The molecule has 1 unspecified atom stereocenters. The highest BCUT2D eigenvalue weighted by Gasteiger charge is 2.61. The van der Waals surface area contributed by atoms with Crippen molar-refractivity contribution in [3.63, 3.8) is 0 Å². The average Bonchev–Trinajstić information content (AvgIpc) is 3.22. The Labute approximate surface area is 174 Å². The molecule has 0 N–H and O–H groups in total. The first kappa shape index (κ1) is 21.6. The van der Waals surface area contributed by atoms with E-state index in [0.29, 0.717) is 24.0 Å². The molecule has 0 aromatic heterocycles. The van der Waals surface area contributed by atoms with E-state index in [4.69, 9.17) is 0 Å². The van der Waals surface area contributed by atoms with E-state index < -0.39 is 13.0 Å². The van der Waals surface area contributed by atoms with Gasteiger partial charge in [-0.3, -0.25) is 4.79 Å². The number of Topliss-reactive ketones (excluding diaryl/α,β-unsaturated/α-hetero) is 1. The van der Waals surface area contributed by atoms with E-state index in [2.05, 4.69) is 0 Å². The van der Waals surface area contributed by atoms with Gasteiger partial charge in [0.05, 0.1) is 5.56 Å². The van der Waals surface area contributed by atoms with Crippen molar-refractivity contribution in [2.45, 2.75) is 71.4 Å². The Hall–Kier alpha value is -2.12. The van der Waals surface area contributed by atoms with Crippen LogP contribution in [-0.4, -0.2) is 16.5 Å². The van der Waals surface area contributed by atoms with E-state index in [9.17, 15) is 14.2 Å². The molecule has 0 heterocycles. The van der Waals surface area contributed by atoms with Crippen LogP contribution in [0, 0.1) is 13.8 Å². The standard InChI is InChI=1S/C25H30O3P/c1-5-19-13-10-14-20(6-2)22(19)23(26)25(15-7-8-16-25)29(28)24(27)21-17(3)11-9-12-18(21)4/h9-14H,5-8,15-16H2,1-4H3/q+1. The molecule has 0 amide bonds. The van der Waals surface area contributed by atoms with Gasteiger partial charge in [-0.25, -0.2) is 4.79 Å². The van der Waals surface area contributed by atoms with Gasteiger partial charge in [-0.2, -0.15) is 0 Å². The first-order chi connectivity index (χ1) is 13.9. The van der Waals surface area contributed by atoms with E-state index >= 15 is 0 Å². The van der Waals surface area contributed by atoms with Crippen LogP contribution < -0.4 is 0 Å². The average molecular weight is 409 g/mol. The molecule has 2 aromatic carbocycles. The van der Waals surface area contributed by atoms with Crippen LogP contribution in [0.2, 0.25) is 0 Å². The second kappa shape index (κ2) is 8.71. The summed E-state index contributed by atoms with van der Waals surface area (Å²) in [4.78, 5) is 27.3. The van der Waals surface area contributed by atoms with Crippen molar-refractivity contribution in [2.75, 3.05) is 0 Å². The van der Waals surface area contributed by atoms with Crippen molar-refractivity contribution in [3.8, 4) is 0 Å². The molecule has 0 spiro atoms. The summed E-state index contributed by atoms with van der Waals surface area (Å²) in [6, 6.07) is 11.6. The lowest BCUT2D eigenvalue weighted by Gasteiger charge is -2.20. The minimum Gasteiger partial charge on any atom is -0.289 e. The Morgan fingerprint density at radius 3 is 1.83 bits per heavy atom. The maximum Gasteiger partial charge on any atom is 0.434 e. The van der Waals surface area contributed by atoms with Gasteiger partial charge in [0.25, 0.3) is 0 Å². The van der Waals surface area contributed by atoms with E-state index in [1.54, 1.807) is 0 Å². The van der Waals surface area contributed by atoms with Crippen LogP contribution >= 0.6 is 7.80 Å². The van der Waals surface area contributed by atoms with Crippen LogP contribution in [-0.2, 0) is 17.4 Å². The molecule has 1 aliphatic rings. The summed E-state index contributed by atoms with van der Waals surface area (Å²) in [6.45, 7) is 7.81. The van der Waals surface area contributed by atoms with Crippen LogP contribution in [0.25, 0.3) is 0 Å². The molecule has 4 heteroatoms. The van der Waals surface area contributed by atoms with Crippen molar-refractivity contribution in [1.82, 2.24) is 0 Å². The number of ketones is 1. The van der Waals surface area contributed by atoms with Crippen LogP contribution in [0.4, 0.5) is 0 Å². The zero-order valence-corrected chi connectivity index (χ0v) is 18.8. The highest BCUT2D eigenvalue weighted by atomic mass is 31.1. The number of carbonyl (C=O) groups is 2. The predicted octanol–water partition coefficient (Wildman–Crippen LogP) is 6.59. The van der Waals surface area contributed by atoms with E-state index in [-0.39, 0.29) is 11.3 Å². The van der Waals surface area contributed by atoms with E-state index in [1.165, 1.54) is 0 Å². The zero-order chi connectivity index (χ0) is 21.2. The van der Waals surface area contributed by atoms with Crippen molar-refractivity contribution in [3.05, 3.63) is 69.8 Å². The van der Waals surface area contributed by atoms with Crippen molar-refractivity contribution in [2.24, 2.45) is 0 Å². The SMILES string of the molecule is CCc1cccc(CC)c1C(=O)C1([P+](=O)C(=O)c2c(C)cccc2C)CCCC1. The second-order valence-electron chi connectivity index (χ2n) is 8.09. The van der Waals surface area contributed by atoms with Gasteiger partial charge in [0.1, 0.15) is 0 Å². The summed E-state index contributed by atoms with van der Waals surface area (Å²) >= 11 is 0. The van der Waals surface area contributed by atoms with Crippen LogP contribution in [0.5, 0.6) is 0 Å². The molecule has 0 aliphatic heterocycles. The largest absolute Gasteiger partial charge is 0.434 e. The van der Waals surface area contributed by atoms with Crippen LogP contribution in [0.1, 0.15) is 82.5 Å². The van der Waals surface area contributed by atoms with E-state index in [0.717, 1.165) is 47.9 Å². The number of aryl methyl sites for hydroxylation is 4. The Morgan fingerprint density at radius 2 is 1.34 bits per heavy atom. The molecular weight excluding hydrogens is 379 g/mol. The molecule has 0 radical (unpaired) electrons. The quantitative estimate of drug-likeness (QED) is 0.383. The number of carbonyl (C=O) groups excluding carboxylic acids is 2. The van der Waals surface area contributed by atoms with Gasteiger partial charge >= 0.3 is 13.3 Å².